The number of rotatable bonds is 0. The molecule has 0 saturated heterocycles. The summed E-state index contributed by atoms with van der Waals surface area (Å²) in [6, 6.07) is 0. The maximum atomic E-state index is 11.1. The zero-order valence-electron chi connectivity index (χ0n) is 5.65. The first-order chi connectivity index (χ1) is 5.29. The second kappa shape index (κ2) is 2.20. The Hall–Kier alpha value is -1.10. The summed E-state index contributed by atoms with van der Waals surface area (Å²) in [6.07, 6.45) is 1.19. The van der Waals surface area contributed by atoms with Gasteiger partial charge < -0.3 is 0 Å². The molecule has 1 aromatic rings. The normalized spacial score (nSPS) is 15.1. The van der Waals surface area contributed by atoms with E-state index in [0.717, 1.165) is 11.4 Å². The van der Waals surface area contributed by atoms with E-state index in [1.54, 1.807) is 0 Å². The average molecular weight is 167 g/mol. The standard InChI is InChI=1S/C6H5N3OS/c1-4-3-11-6-8-7-2-5(10)9(4)6/h2H,1,3H2. The Morgan fingerprint density at radius 3 is 3.27 bits per heavy atom. The van der Waals surface area contributed by atoms with E-state index >= 15 is 0 Å². The molecule has 1 aliphatic heterocycles. The first-order valence-corrected chi connectivity index (χ1v) is 4.03. The summed E-state index contributed by atoms with van der Waals surface area (Å²) in [6.45, 7) is 3.73. The molecule has 0 N–H and O–H groups in total. The number of hydrogen-bond donors (Lipinski definition) is 0. The Kier molecular flexibility index (Phi) is 1.32. The second-order valence-corrected chi connectivity index (χ2v) is 3.10. The lowest BCUT2D eigenvalue weighted by atomic mass is 10.5. The molecule has 0 aromatic carbocycles. The first-order valence-electron chi connectivity index (χ1n) is 3.05. The fraction of sp³-hybridized carbons (Fsp3) is 0.167. The Morgan fingerprint density at radius 1 is 1.73 bits per heavy atom. The molecule has 0 atom stereocenters. The van der Waals surface area contributed by atoms with Crippen molar-refractivity contribution in [2.45, 2.75) is 5.16 Å². The van der Waals surface area contributed by atoms with Crippen molar-refractivity contribution in [2.75, 3.05) is 5.75 Å². The van der Waals surface area contributed by atoms with Crippen molar-refractivity contribution in [1.29, 1.82) is 0 Å². The molecule has 1 aliphatic rings. The molecule has 2 heterocycles. The van der Waals surface area contributed by atoms with Crippen molar-refractivity contribution in [3.63, 3.8) is 0 Å². The Balaban J connectivity index is 2.78. The highest BCUT2D eigenvalue weighted by atomic mass is 32.2. The van der Waals surface area contributed by atoms with Crippen LogP contribution < -0.4 is 5.56 Å². The summed E-state index contributed by atoms with van der Waals surface area (Å²) < 4.78 is 1.48. The Bertz CT molecular complexity index is 370. The van der Waals surface area contributed by atoms with Crippen molar-refractivity contribution in [1.82, 2.24) is 14.8 Å². The van der Waals surface area contributed by atoms with Crippen LogP contribution in [0.1, 0.15) is 0 Å². The fourth-order valence-corrected chi connectivity index (χ4v) is 1.80. The van der Waals surface area contributed by atoms with Crippen LogP contribution in [0.2, 0.25) is 0 Å². The number of hydrogen-bond acceptors (Lipinski definition) is 4. The largest absolute Gasteiger partial charge is 0.277 e. The molecule has 11 heavy (non-hydrogen) atoms. The van der Waals surface area contributed by atoms with E-state index in [1.807, 2.05) is 0 Å². The lowest BCUT2D eigenvalue weighted by Gasteiger charge is -1.97. The van der Waals surface area contributed by atoms with Gasteiger partial charge >= 0.3 is 0 Å². The molecule has 0 aliphatic carbocycles. The highest BCUT2D eigenvalue weighted by Gasteiger charge is 2.16. The highest BCUT2D eigenvalue weighted by molar-refractivity contribution is 7.99. The third-order valence-electron chi connectivity index (χ3n) is 1.41. The summed E-state index contributed by atoms with van der Waals surface area (Å²) in [5, 5.41) is 7.97. The third-order valence-corrected chi connectivity index (χ3v) is 2.41. The topological polar surface area (TPSA) is 47.8 Å². The zero-order valence-corrected chi connectivity index (χ0v) is 6.47. The predicted molar refractivity (Wildman–Crippen MR) is 42.3 cm³/mol. The van der Waals surface area contributed by atoms with Crippen molar-refractivity contribution in [3.05, 3.63) is 23.1 Å². The SMILES string of the molecule is C=C1CSc2nncc(=O)n21. The highest BCUT2D eigenvalue weighted by Crippen LogP contribution is 2.26. The maximum absolute atomic E-state index is 11.1. The number of thioether (sulfide) groups is 1. The molecule has 0 unspecified atom stereocenters. The van der Waals surface area contributed by atoms with Crippen LogP contribution >= 0.6 is 11.8 Å². The Morgan fingerprint density at radius 2 is 2.55 bits per heavy atom. The molecule has 0 bridgehead atoms. The quantitative estimate of drug-likeness (QED) is 0.554. The van der Waals surface area contributed by atoms with Crippen molar-refractivity contribution in [3.8, 4) is 0 Å². The van der Waals surface area contributed by atoms with Gasteiger partial charge in [0.15, 0.2) is 5.16 Å². The van der Waals surface area contributed by atoms with Crippen LogP contribution in [0, 0.1) is 0 Å². The molecule has 0 fully saturated rings. The average Bonchev–Trinajstić information content (AvgIpc) is 2.34. The fourth-order valence-electron chi connectivity index (χ4n) is 0.921. The summed E-state index contributed by atoms with van der Waals surface area (Å²) >= 11 is 1.48. The minimum absolute atomic E-state index is 0.148. The molecule has 0 saturated carbocycles. The Labute approximate surface area is 67.0 Å². The molecular formula is C6H5N3OS. The lowest BCUT2D eigenvalue weighted by molar-refractivity contribution is 0.751. The molecule has 4 nitrogen and oxygen atoms in total. The van der Waals surface area contributed by atoms with E-state index in [0.29, 0.717) is 5.16 Å². The van der Waals surface area contributed by atoms with E-state index in [1.165, 1.54) is 22.5 Å². The van der Waals surface area contributed by atoms with Gasteiger partial charge in [-0.05, 0) is 0 Å². The van der Waals surface area contributed by atoms with Gasteiger partial charge in [0.25, 0.3) is 5.56 Å². The second-order valence-electron chi connectivity index (χ2n) is 2.16. The molecule has 0 spiro atoms. The molecule has 0 radical (unpaired) electrons. The van der Waals surface area contributed by atoms with Gasteiger partial charge in [0.05, 0.1) is 0 Å². The summed E-state index contributed by atoms with van der Waals surface area (Å²) in [4.78, 5) is 11.1. The van der Waals surface area contributed by atoms with Gasteiger partial charge in [-0.15, -0.1) is 5.10 Å². The predicted octanol–water partition coefficient (Wildman–Crippen LogP) is 0.215. The van der Waals surface area contributed by atoms with Gasteiger partial charge in [0.2, 0.25) is 0 Å². The zero-order chi connectivity index (χ0) is 7.84. The summed E-state index contributed by atoms with van der Waals surface area (Å²) in [5.41, 5.74) is 0.634. The smallest absolute Gasteiger partial charge is 0.267 e. The summed E-state index contributed by atoms with van der Waals surface area (Å²) in [7, 11) is 0. The van der Waals surface area contributed by atoms with E-state index in [-0.39, 0.29) is 5.56 Å². The number of aromatic nitrogens is 3. The maximum Gasteiger partial charge on any atom is 0.277 e. The lowest BCUT2D eigenvalue weighted by Crippen LogP contribution is -2.18. The molecule has 5 heteroatoms. The van der Waals surface area contributed by atoms with Gasteiger partial charge in [-0.25, -0.2) is 0 Å². The van der Waals surface area contributed by atoms with Gasteiger partial charge in [-0.2, -0.15) is 5.10 Å². The van der Waals surface area contributed by atoms with Crippen LogP contribution in [0.3, 0.4) is 0 Å². The first kappa shape index (κ1) is 6.60. The van der Waals surface area contributed by atoms with Crippen LogP contribution in [-0.4, -0.2) is 20.5 Å². The molecule has 1 aromatic heterocycles. The minimum atomic E-state index is -0.148. The minimum Gasteiger partial charge on any atom is -0.267 e. The van der Waals surface area contributed by atoms with Crippen LogP contribution in [0.4, 0.5) is 0 Å². The van der Waals surface area contributed by atoms with Gasteiger partial charge in [-0.3, -0.25) is 9.36 Å². The number of nitrogens with zero attached hydrogens (tertiary/aromatic N) is 3. The monoisotopic (exact) mass is 167 g/mol. The molecule has 0 amide bonds. The third kappa shape index (κ3) is 0.883. The van der Waals surface area contributed by atoms with E-state index in [9.17, 15) is 4.79 Å². The van der Waals surface area contributed by atoms with Crippen LogP contribution in [0.25, 0.3) is 5.70 Å². The van der Waals surface area contributed by atoms with E-state index in [2.05, 4.69) is 16.8 Å². The molecular weight excluding hydrogens is 162 g/mol. The van der Waals surface area contributed by atoms with Crippen LogP contribution in [0.15, 0.2) is 22.7 Å². The van der Waals surface area contributed by atoms with Gasteiger partial charge in [0, 0.05) is 11.4 Å². The van der Waals surface area contributed by atoms with Gasteiger partial charge in [0.1, 0.15) is 6.20 Å². The summed E-state index contributed by atoms with van der Waals surface area (Å²) in [5.74, 6) is 0.730. The van der Waals surface area contributed by atoms with Crippen LogP contribution in [-0.2, 0) is 0 Å². The number of fused-ring (bicyclic) bond motifs is 1. The van der Waals surface area contributed by atoms with Crippen molar-refractivity contribution < 1.29 is 0 Å². The molecule has 2 rings (SSSR count). The van der Waals surface area contributed by atoms with Crippen molar-refractivity contribution in [2.24, 2.45) is 0 Å². The van der Waals surface area contributed by atoms with Gasteiger partial charge in [-0.1, -0.05) is 18.3 Å². The molecule has 56 valence electrons. The van der Waals surface area contributed by atoms with Crippen molar-refractivity contribution >= 4 is 17.5 Å². The van der Waals surface area contributed by atoms with E-state index < -0.39 is 0 Å². The van der Waals surface area contributed by atoms with Crippen LogP contribution in [0.5, 0.6) is 0 Å². The van der Waals surface area contributed by atoms with E-state index in [4.69, 9.17) is 0 Å².